The average Bonchev–Trinajstić information content (AvgIpc) is 2.44. The van der Waals surface area contributed by atoms with Crippen LogP contribution in [-0.2, 0) is 20.8 Å². The SMILES string of the molecule is COC[C@H](CCNC(=O)OC(C)(C)C)OCc1ccccc1. The number of methoxy groups -OCH3 is 1. The molecule has 0 bridgehead atoms. The fraction of sp³-hybridized carbons (Fsp3) is 0.588. The topological polar surface area (TPSA) is 56.8 Å². The van der Waals surface area contributed by atoms with Gasteiger partial charge in [0, 0.05) is 13.7 Å². The van der Waals surface area contributed by atoms with Gasteiger partial charge in [-0.2, -0.15) is 0 Å². The van der Waals surface area contributed by atoms with Gasteiger partial charge in [0.05, 0.1) is 19.3 Å². The molecule has 0 radical (unpaired) electrons. The van der Waals surface area contributed by atoms with Crippen LogP contribution < -0.4 is 5.32 Å². The summed E-state index contributed by atoms with van der Waals surface area (Å²) < 4.78 is 16.2. The molecule has 0 saturated carbocycles. The van der Waals surface area contributed by atoms with E-state index in [1.54, 1.807) is 7.11 Å². The van der Waals surface area contributed by atoms with Crippen LogP contribution in [0.5, 0.6) is 0 Å². The molecule has 124 valence electrons. The number of hydrogen-bond acceptors (Lipinski definition) is 4. The molecule has 0 aliphatic carbocycles. The molecule has 1 rings (SSSR count). The number of benzene rings is 1. The van der Waals surface area contributed by atoms with Crippen molar-refractivity contribution in [2.24, 2.45) is 0 Å². The molecule has 0 aliphatic rings. The molecule has 5 nitrogen and oxygen atoms in total. The van der Waals surface area contributed by atoms with Gasteiger partial charge in [0.25, 0.3) is 0 Å². The summed E-state index contributed by atoms with van der Waals surface area (Å²) in [5, 5.41) is 2.73. The van der Waals surface area contributed by atoms with E-state index in [1.165, 1.54) is 0 Å². The Kier molecular flexibility index (Phi) is 7.91. The third-order valence-electron chi connectivity index (χ3n) is 2.82. The molecule has 1 aromatic rings. The minimum Gasteiger partial charge on any atom is -0.444 e. The van der Waals surface area contributed by atoms with Crippen molar-refractivity contribution in [1.82, 2.24) is 5.32 Å². The van der Waals surface area contributed by atoms with E-state index in [0.717, 1.165) is 5.56 Å². The number of amides is 1. The highest BCUT2D eigenvalue weighted by Crippen LogP contribution is 2.08. The smallest absolute Gasteiger partial charge is 0.407 e. The Morgan fingerprint density at radius 3 is 2.50 bits per heavy atom. The summed E-state index contributed by atoms with van der Waals surface area (Å²) in [4.78, 5) is 11.6. The second-order valence-corrected chi connectivity index (χ2v) is 6.09. The number of rotatable bonds is 8. The first-order valence-corrected chi connectivity index (χ1v) is 7.52. The second-order valence-electron chi connectivity index (χ2n) is 6.09. The maximum Gasteiger partial charge on any atom is 0.407 e. The van der Waals surface area contributed by atoms with Crippen molar-refractivity contribution in [3.63, 3.8) is 0 Å². The molecule has 0 aliphatic heterocycles. The van der Waals surface area contributed by atoms with E-state index >= 15 is 0 Å². The fourth-order valence-corrected chi connectivity index (χ4v) is 1.84. The van der Waals surface area contributed by atoms with Gasteiger partial charge in [-0.05, 0) is 32.8 Å². The van der Waals surface area contributed by atoms with Gasteiger partial charge in [-0.1, -0.05) is 30.3 Å². The third kappa shape index (κ3) is 8.64. The number of nitrogens with one attached hydrogen (secondary N) is 1. The molecule has 0 unspecified atom stereocenters. The van der Waals surface area contributed by atoms with Crippen LogP contribution in [-0.4, -0.2) is 38.1 Å². The van der Waals surface area contributed by atoms with E-state index < -0.39 is 11.7 Å². The van der Waals surface area contributed by atoms with Gasteiger partial charge in [0.2, 0.25) is 0 Å². The highest BCUT2D eigenvalue weighted by Gasteiger charge is 2.16. The van der Waals surface area contributed by atoms with Gasteiger partial charge >= 0.3 is 6.09 Å². The number of carbonyl (C=O) groups is 1. The molecule has 1 atom stereocenters. The summed E-state index contributed by atoms with van der Waals surface area (Å²) in [5.74, 6) is 0. The Balaban J connectivity index is 2.30. The highest BCUT2D eigenvalue weighted by molar-refractivity contribution is 5.67. The van der Waals surface area contributed by atoms with Crippen molar-refractivity contribution >= 4 is 6.09 Å². The molecule has 0 heterocycles. The first kappa shape index (κ1) is 18.5. The molecule has 1 N–H and O–H groups in total. The first-order valence-electron chi connectivity index (χ1n) is 7.52. The number of ether oxygens (including phenoxy) is 3. The lowest BCUT2D eigenvalue weighted by Crippen LogP contribution is -2.34. The summed E-state index contributed by atoms with van der Waals surface area (Å²) in [6.07, 6.45) is 0.187. The van der Waals surface area contributed by atoms with Crippen LogP contribution >= 0.6 is 0 Å². The molecule has 5 heteroatoms. The van der Waals surface area contributed by atoms with Crippen LogP contribution in [0.1, 0.15) is 32.8 Å². The molecule has 1 aromatic carbocycles. The van der Waals surface area contributed by atoms with E-state index in [9.17, 15) is 4.79 Å². The predicted octanol–water partition coefficient (Wildman–Crippen LogP) is 3.13. The Labute approximate surface area is 132 Å². The largest absolute Gasteiger partial charge is 0.444 e. The summed E-state index contributed by atoms with van der Waals surface area (Å²) in [6.45, 7) is 7.01. The van der Waals surface area contributed by atoms with Crippen LogP contribution in [0.2, 0.25) is 0 Å². The number of hydrogen-bond donors (Lipinski definition) is 1. The lowest BCUT2D eigenvalue weighted by molar-refractivity contribution is -0.0156. The van der Waals surface area contributed by atoms with Crippen molar-refractivity contribution in [2.75, 3.05) is 20.3 Å². The van der Waals surface area contributed by atoms with Gasteiger partial charge in [0.1, 0.15) is 5.60 Å². The normalized spacial score (nSPS) is 12.7. The van der Waals surface area contributed by atoms with Gasteiger partial charge in [-0.15, -0.1) is 0 Å². The van der Waals surface area contributed by atoms with Crippen LogP contribution in [0.25, 0.3) is 0 Å². The van der Waals surface area contributed by atoms with E-state index in [4.69, 9.17) is 14.2 Å². The number of carbonyl (C=O) groups excluding carboxylic acids is 1. The second kappa shape index (κ2) is 9.43. The van der Waals surface area contributed by atoms with E-state index in [0.29, 0.717) is 26.2 Å². The predicted molar refractivity (Wildman–Crippen MR) is 85.7 cm³/mol. The summed E-state index contributed by atoms with van der Waals surface area (Å²) >= 11 is 0. The van der Waals surface area contributed by atoms with E-state index in [2.05, 4.69) is 5.32 Å². The molecule has 1 amide bonds. The maximum absolute atomic E-state index is 11.6. The zero-order valence-electron chi connectivity index (χ0n) is 13.9. The van der Waals surface area contributed by atoms with Crippen LogP contribution in [0.15, 0.2) is 30.3 Å². The molecular formula is C17H27NO4. The van der Waals surface area contributed by atoms with Crippen LogP contribution in [0.4, 0.5) is 4.79 Å². The Morgan fingerprint density at radius 2 is 1.91 bits per heavy atom. The van der Waals surface area contributed by atoms with Crippen molar-refractivity contribution in [3.05, 3.63) is 35.9 Å². The van der Waals surface area contributed by atoms with Crippen LogP contribution in [0, 0.1) is 0 Å². The Hall–Kier alpha value is -1.59. The quantitative estimate of drug-likeness (QED) is 0.801. The zero-order valence-corrected chi connectivity index (χ0v) is 13.9. The summed E-state index contributed by atoms with van der Waals surface area (Å²) in [7, 11) is 1.64. The van der Waals surface area contributed by atoms with Crippen molar-refractivity contribution < 1.29 is 19.0 Å². The minimum atomic E-state index is -0.486. The third-order valence-corrected chi connectivity index (χ3v) is 2.82. The van der Waals surface area contributed by atoms with E-state index in [1.807, 2.05) is 51.1 Å². The van der Waals surface area contributed by atoms with Gasteiger partial charge in [-0.3, -0.25) is 0 Å². The minimum absolute atomic E-state index is 0.0693. The van der Waals surface area contributed by atoms with Crippen molar-refractivity contribution in [3.8, 4) is 0 Å². The lowest BCUT2D eigenvalue weighted by Gasteiger charge is -2.21. The van der Waals surface area contributed by atoms with Gasteiger partial charge < -0.3 is 19.5 Å². The van der Waals surface area contributed by atoms with Gasteiger partial charge in [-0.25, -0.2) is 4.79 Å². The molecular weight excluding hydrogens is 282 g/mol. The monoisotopic (exact) mass is 309 g/mol. The molecule has 22 heavy (non-hydrogen) atoms. The number of alkyl carbamates (subject to hydrolysis) is 1. The Morgan fingerprint density at radius 1 is 1.23 bits per heavy atom. The maximum atomic E-state index is 11.6. The molecule has 0 fully saturated rings. The lowest BCUT2D eigenvalue weighted by atomic mass is 10.2. The van der Waals surface area contributed by atoms with Crippen molar-refractivity contribution in [1.29, 1.82) is 0 Å². The van der Waals surface area contributed by atoms with Gasteiger partial charge in [0.15, 0.2) is 0 Å². The average molecular weight is 309 g/mol. The molecule has 0 spiro atoms. The standard InChI is InChI=1S/C17H27NO4/c1-17(2,3)22-16(19)18-11-10-15(13-20-4)21-12-14-8-6-5-7-9-14/h5-9,15H,10-13H2,1-4H3,(H,18,19)/t15-/m0/s1. The highest BCUT2D eigenvalue weighted by atomic mass is 16.6. The first-order chi connectivity index (χ1) is 10.4. The molecule has 0 aromatic heterocycles. The Bertz CT molecular complexity index is 428. The van der Waals surface area contributed by atoms with Crippen molar-refractivity contribution in [2.45, 2.75) is 45.5 Å². The summed E-state index contributed by atoms with van der Waals surface area (Å²) in [5.41, 5.74) is 0.628. The summed E-state index contributed by atoms with van der Waals surface area (Å²) in [6, 6.07) is 9.97. The van der Waals surface area contributed by atoms with E-state index in [-0.39, 0.29) is 6.10 Å². The fourth-order valence-electron chi connectivity index (χ4n) is 1.84. The molecule has 0 saturated heterocycles. The zero-order chi connectivity index (χ0) is 16.4. The van der Waals surface area contributed by atoms with Crippen LogP contribution in [0.3, 0.4) is 0 Å².